The first-order chi connectivity index (χ1) is 18.0. The summed E-state index contributed by atoms with van der Waals surface area (Å²) in [5.41, 5.74) is 3.38. The van der Waals surface area contributed by atoms with E-state index in [-0.39, 0.29) is 17.4 Å². The molecule has 0 fully saturated rings. The number of nitrogens with zero attached hydrogens (tertiary/aromatic N) is 2. The predicted molar refractivity (Wildman–Crippen MR) is 144 cm³/mol. The number of rotatable bonds is 5. The minimum atomic E-state index is -1.13. The first-order valence-corrected chi connectivity index (χ1v) is 12.6. The number of halogens is 1. The third-order valence-electron chi connectivity index (χ3n) is 6.91. The van der Waals surface area contributed by atoms with Gasteiger partial charge in [-0.25, -0.2) is 9.80 Å². The molecule has 0 amide bonds. The fraction of sp³-hybridized carbons (Fsp3) is 0.172. The van der Waals surface area contributed by atoms with Crippen molar-refractivity contribution in [3.8, 4) is 17.2 Å². The molecule has 6 rings (SSSR count). The molecule has 0 saturated carbocycles. The van der Waals surface area contributed by atoms with E-state index in [0.717, 1.165) is 32.1 Å². The van der Waals surface area contributed by atoms with Crippen LogP contribution in [0.1, 0.15) is 45.7 Å². The third kappa shape index (κ3) is 3.79. The zero-order valence-corrected chi connectivity index (χ0v) is 21.7. The van der Waals surface area contributed by atoms with Crippen LogP contribution in [0.15, 0.2) is 82.4 Å². The van der Waals surface area contributed by atoms with Crippen LogP contribution < -0.4 is 14.2 Å². The molecular weight excluding hydrogens is 536 g/mol. The van der Waals surface area contributed by atoms with Gasteiger partial charge in [0.1, 0.15) is 11.3 Å². The third-order valence-corrected chi connectivity index (χ3v) is 7.40. The molecule has 0 radical (unpaired) electrons. The van der Waals surface area contributed by atoms with Crippen LogP contribution in [0, 0.1) is 0 Å². The van der Waals surface area contributed by atoms with Crippen LogP contribution in [-0.4, -0.2) is 36.0 Å². The monoisotopic (exact) mass is 558 g/mol. The van der Waals surface area contributed by atoms with E-state index in [2.05, 4.69) is 40.2 Å². The van der Waals surface area contributed by atoms with Gasteiger partial charge in [-0.05, 0) is 41.1 Å². The lowest BCUT2D eigenvalue weighted by Gasteiger charge is -2.38. The second kappa shape index (κ2) is 9.12. The van der Waals surface area contributed by atoms with Crippen molar-refractivity contribution in [2.45, 2.75) is 18.7 Å². The van der Waals surface area contributed by atoms with Crippen LogP contribution in [-0.2, 0) is 0 Å². The van der Waals surface area contributed by atoms with E-state index >= 15 is 0 Å². The zero-order valence-electron chi connectivity index (χ0n) is 20.1. The number of carboxylic acid groups (broad SMARTS) is 1. The standard InChI is InChI=1S/C29H23BrN2O5/c1-35-25-13-11-20(26(29(33)34)27(25)36-2)28-32-23(21-14-17(30)10-12-24(21)37-28)15-22(31-32)19-9-5-7-16-6-3-4-8-18(16)19/h3-14,23,28H,15H2,1-2H3,(H,33,34)/t23-,28+/m1/s1. The molecule has 0 aromatic heterocycles. The lowest BCUT2D eigenvalue weighted by Crippen LogP contribution is -2.34. The number of ether oxygens (including phenoxy) is 3. The van der Waals surface area contributed by atoms with Gasteiger partial charge >= 0.3 is 5.97 Å². The van der Waals surface area contributed by atoms with Crippen molar-refractivity contribution in [2.24, 2.45) is 5.10 Å². The van der Waals surface area contributed by atoms with Gasteiger partial charge in [0, 0.05) is 27.6 Å². The van der Waals surface area contributed by atoms with Gasteiger partial charge in [0.2, 0.25) is 6.23 Å². The number of hydrogen-bond acceptors (Lipinski definition) is 6. The number of hydrazone groups is 1. The summed E-state index contributed by atoms with van der Waals surface area (Å²) in [6.45, 7) is 0. The molecule has 0 bridgehead atoms. The first kappa shape index (κ1) is 23.4. The van der Waals surface area contributed by atoms with E-state index in [0.29, 0.717) is 23.5 Å². The predicted octanol–water partition coefficient (Wildman–Crippen LogP) is 6.56. The van der Waals surface area contributed by atoms with Gasteiger partial charge in [-0.15, -0.1) is 0 Å². The van der Waals surface area contributed by atoms with Gasteiger partial charge in [-0.1, -0.05) is 58.4 Å². The van der Waals surface area contributed by atoms with Crippen molar-refractivity contribution in [2.75, 3.05) is 14.2 Å². The van der Waals surface area contributed by atoms with Gasteiger partial charge in [0.25, 0.3) is 0 Å². The van der Waals surface area contributed by atoms with E-state index in [9.17, 15) is 9.90 Å². The van der Waals surface area contributed by atoms with E-state index in [1.807, 2.05) is 41.4 Å². The highest BCUT2D eigenvalue weighted by Gasteiger charge is 2.43. The smallest absolute Gasteiger partial charge is 0.340 e. The van der Waals surface area contributed by atoms with Crippen LogP contribution in [0.2, 0.25) is 0 Å². The molecule has 1 N–H and O–H groups in total. The maximum absolute atomic E-state index is 12.5. The van der Waals surface area contributed by atoms with Crippen molar-refractivity contribution in [1.82, 2.24) is 5.01 Å². The van der Waals surface area contributed by atoms with Crippen LogP contribution in [0.5, 0.6) is 17.2 Å². The van der Waals surface area contributed by atoms with E-state index in [4.69, 9.17) is 19.3 Å². The SMILES string of the molecule is COc1ccc([C@@H]2Oc3ccc(Br)cc3[C@H]3CC(c4cccc5ccccc45)=NN32)c(C(=O)O)c1OC. The summed E-state index contributed by atoms with van der Waals surface area (Å²) in [7, 11) is 2.91. The molecule has 0 spiro atoms. The highest BCUT2D eigenvalue weighted by Crippen LogP contribution is 2.50. The molecule has 186 valence electrons. The van der Waals surface area contributed by atoms with Gasteiger partial charge < -0.3 is 19.3 Å². The lowest BCUT2D eigenvalue weighted by molar-refractivity contribution is -0.0199. The van der Waals surface area contributed by atoms with Gasteiger partial charge in [0.15, 0.2) is 11.5 Å². The summed E-state index contributed by atoms with van der Waals surface area (Å²) >= 11 is 3.59. The highest BCUT2D eigenvalue weighted by atomic mass is 79.9. The molecule has 0 unspecified atom stereocenters. The molecule has 2 aliphatic heterocycles. The van der Waals surface area contributed by atoms with Crippen LogP contribution in [0.4, 0.5) is 0 Å². The number of carbonyl (C=O) groups is 1. The number of carboxylic acids is 1. The van der Waals surface area contributed by atoms with Crippen LogP contribution in [0.25, 0.3) is 10.8 Å². The molecule has 7 nitrogen and oxygen atoms in total. The van der Waals surface area contributed by atoms with E-state index < -0.39 is 12.2 Å². The molecule has 2 heterocycles. The molecule has 4 aromatic rings. The molecule has 2 atom stereocenters. The summed E-state index contributed by atoms with van der Waals surface area (Å²) < 4.78 is 18.2. The van der Waals surface area contributed by atoms with Crippen molar-refractivity contribution >= 4 is 38.4 Å². The fourth-order valence-corrected chi connectivity index (χ4v) is 5.65. The summed E-state index contributed by atoms with van der Waals surface area (Å²) in [6.07, 6.45) is -0.135. The fourth-order valence-electron chi connectivity index (χ4n) is 5.27. The lowest BCUT2D eigenvalue weighted by atomic mass is 9.93. The number of fused-ring (bicyclic) bond motifs is 4. The highest BCUT2D eigenvalue weighted by molar-refractivity contribution is 9.10. The Morgan fingerprint density at radius 3 is 2.62 bits per heavy atom. The van der Waals surface area contributed by atoms with Crippen LogP contribution in [0.3, 0.4) is 0 Å². The van der Waals surface area contributed by atoms with Crippen LogP contribution >= 0.6 is 15.9 Å². The largest absolute Gasteiger partial charge is 0.493 e. The zero-order chi connectivity index (χ0) is 25.7. The van der Waals surface area contributed by atoms with E-state index in [1.54, 1.807) is 12.1 Å². The average molecular weight is 559 g/mol. The van der Waals surface area contributed by atoms with Crippen molar-refractivity contribution in [3.05, 3.63) is 99.5 Å². The Balaban J connectivity index is 1.54. The minimum absolute atomic E-state index is 0.0139. The Morgan fingerprint density at radius 2 is 1.84 bits per heavy atom. The van der Waals surface area contributed by atoms with Crippen molar-refractivity contribution < 1.29 is 24.1 Å². The molecule has 4 aromatic carbocycles. The maximum Gasteiger partial charge on any atom is 0.340 e. The molecule has 0 saturated heterocycles. The molecular formula is C29H23BrN2O5. The minimum Gasteiger partial charge on any atom is -0.493 e. The van der Waals surface area contributed by atoms with Gasteiger partial charge in [-0.3, -0.25) is 0 Å². The molecule has 0 aliphatic carbocycles. The summed E-state index contributed by atoms with van der Waals surface area (Å²) in [5, 5.41) is 19.4. The Bertz CT molecular complexity index is 1580. The molecule has 37 heavy (non-hydrogen) atoms. The summed E-state index contributed by atoms with van der Waals surface area (Å²) in [4.78, 5) is 12.5. The second-order valence-corrected chi connectivity index (χ2v) is 9.81. The topological polar surface area (TPSA) is 80.6 Å². The van der Waals surface area contributed by atoms with E-state index in [1.165, 1.54) is 14.2 Å². The normalized spacial score (nSPS) is 18.0. The Hall–Kier alpha value is -4.04. The molecule has 8 heteroatoms. The molecule has 2 aliphatic rings. The van der Waals surface area contributed by atoms with Gasteiger partial charge in [0.05, 0.1) is 26.0 Å². The van der Waals surface area contributed by atoms with Crippen molar-refractivity contribution in [1.29, 1.82) is 0 Å². The average Bonchev–Trinajstić information content (AvgIpc) is 3.37. The Kier molecular flexibility index (Phi) is 5.76. The second-order valence-electron chi connectivity index (χ2n) is 8.90. The quantitative estimate of drug-likeness (QED) is 0.298. The summed E-state index contributed by atoms with van der Waals surface area (Å²) in [5.74, 6) is 0.0355. The van der Waals surface area contributed by atoms with Crippen molar-refractivity contribution in [3.63, 3.8) is 0 Å². The summed E-state index contributed by atoms with van der Waals surface area (Å²) in [6, 6.07) is 23.6. The Labute approximate surface area is 222 Å². The number of methoxy groups -OCH3 is 2. The number of benzene rings is 4. The first-order valence-electron chi connectivity index (χ1n) is 11.8. The number of hydrogen-bond donors (Lipinski definition) is 1. The number of aromatic carboxylic acids is 1. The maximum atomic E-state index is 12.5. The van der Waals surface area contributed by atoms with Gasteiger partial charge in [-0.2, -0.15) is 5.10 Å². The Morgan fingerprint density at radius 1 is 1.03 bits per heavy atom.